The summed E-state index contributed by atoms with van der Waals surface area (Å²) in [6.07, 6.45) is 0. The van der Waals surface area contributed by atoms with E-state index in [9.17, 15) is 4.79 Å². The van der Waals surface area contributed by atoms with Gasteiger partial charge in [-0.3, -0.25) is 4.79 Å². The third kappa shape index (κ3) is 3.27. The summed E-state index contributed by atoms with van der Waals surface area (Å²) in [6, 6.07) is -0.309. The average Bonchev–Trinajstić information content (AvgIpc) is 2.27. The molecule has 0 amide bonds. The zero-order valence-electron chi connectivity index (χ0n) is 9.13. The molecule has 4 nitrogen and oxygen atoms in total. The SMILES string of the molecule is CCOC(=O)C1COCC(C)(C)CN1. The van der Waals surface area contributed by atoms with Crippen molar-refractivity contribution >= 4 is 5.97 Å². The monoisotopic (exact) mass is 201 g/mol. The molecule has 1 N–H and O–H groups in total. The van der Waals surface area contributed by atoms with Crippen molar-refractivity contribution in [3.63, 3.8) is 0 Å². The lowest BCUT2D eigenvalue weighted by atomic mass is 9.95. The maximum absolute atomic E-state index is 11.4. The van der Waals surface area contributed by atoms with Crippen LogP contribution in [-0.2, 0) is 14.3 Å². The normalized spacial score (nSPS) is 26.6. The van der Waals surface area contributed by atoms with E-state index >= 15 is 0 Å². The maximum Gasteiger partial charge on any atom is 0.325 e. The fourth-order valence-electron chi connectivity index (χ4n) is 1.36. The first-order valence-electron chi connectivity index (χ1n) is 5.03. The number of ether oxygens (including phenoxy) is 2. The van der Waals surface area contributed by atoms with Crippen LogP contribution < -0.4 is 5.32 Å². The van der Waals surface area contributed by atoms with Gasteiger partial charge >= 0.3 is 5.97 Å². The molecule has 1 saturated heterocycles. The van der Waals surface area contributed by atoms with Gasteiger partial charge in [-0.15, -0.1) is 0 Å². The van der Waals surface area contributed by atoms with E-state index in [4.69, 9.17) is 9.47 Å². The van der Waals surface area contributed by atoms with Gasteiger partial charge in [-0.1, -0.05) is 13.8 Å². The van der Waals surface area contributed by atoms with Crippen molar-refractivity contribution in [2.45, 2.75) is 26.8 Å². The van der Waals surface area contributed by atoms with E-state index in [2.05, 4.69) is 19.2 Å². The molecule has 1 atom stereocenters. The van der Waals surface area contributed by atoms with E-state index < -0.39 is 0 Å². The molecule has 1 heterocycles. The molecular formula is C10H19NO3. The number of carbonyl (C=O) groups excluding carboxylic acids is 1. The molecule has 14 heavy (non-hydrogen) atoms. The van der Waals surface area contributed by atoms with Crippen LogP contribution >= 0.6 is 0 Å². The molecule has 0 aromatic carbocycles. The second-order valence-corrected chi connectivity index (χ2v) is 4.36. The summed E-state index contributed by atoms with van der Waals surface area (Å²) in [5.41, 5.74) is 0.0846. The Morgan fingerprint density at radius 3 is 3.00 bits per heavy atom. The summed E-state index contributed by atoms with van der Waals surface area (Å²) >= 11 is 0. The molecule has 0 aliphatic carbocycles. The first-order chi connectivity index (χ1) is 6.55. The lowest BCUT2D eigenvalue weighted by molar-refractivity contribution is -0.146. The topological polar surface area (TPSA) is 47.6 Å². The van der Waals surface area contributed by atoms with Crippen LogP contribution in [0.2, 0.25) is 0 Å². The van der Waals surface area contributed by atoms with Crippen molar-refractivity contribution in [2.24, 2.45) is 5.41 Å². The van der Waals surface area contributed by atoms with Crippen molar-refractivity contribution in [3.05, 3.63) is 0 Å². The van der Waals surface area contributed by atoms with Crippen molar-refractivity contribution in [1.82, 2.24) is 5.32 Å². The first-order valence-corrected chi connectivity index (χ1v) is 5.03. The highest BCUT2D eigenvalue weighted by Crippen LogP contribution is 2.17. The molecule has 0 bridgehead atoms. The average molecular weight is 201 g/mol. The smallest absolute Gasteiger partial charge is 0.325 e. The molecule has 1 fully saturated rings. The Kier molecular flexibility index (Phi) is 3.89. The predicted octanol–water partition coefficient (Wildman–Crippen LogP) is 0.564. The lowest BCUT2D eigenvalue weighted by Gasteiger charge is -2.21. The van der Waals surface area contributed by atoms with Gasteiger partial charge in [0, 0.05) is 12.0 Å². The summed E-state index contributed by atoms with van der Waals surface area (Å²) in [7, 11) is 0. The number of hydrogen-bond donors (Lipinski definition) is 1. The summed E-state index contributed by atoms with van der Waals surface area (Å²) < 4.78 is 10.4. The number of hydrogen-bond acceptors (Lipinski definition) is 4. The Morgan fingerprint density at radius 2 is 2.36 bits per heavy atom. The zero-order chi connectivity index (χ0) is 10.6. The van der Waals surface area contributed by atoms with Gasteiger partial charge in [0.15, 0.2) is 0 Å². The van der Waals surface area contributed by atoms with Gasteiger partial charge in [0.05, 0.1) is 19.8 Å². The number of nitrogens with one attached hydrogen (secondary N) is 1. The molecule has 0 aromatic rings. The van der Waals surface area contributed by atoms with Crippen LogP contribution in [0, 0.1) is 5.41 Å². The van der Waals surface area contributed by atoms with E-state index in [0.717, 1.165) is 6.54 Å². The zero-order valence-corrected chi connectivity index (χ0v) is 9.13. The van der Waals surface area contributed by atoms with Crippen molar-refractivity contribution < 1.29 is 14.3 Å². The molecule has 0 saturated carbocycles. The van der Waals surface area contributed by atoms with Crippen molar-refractivity contribution in [3.8, 4) is 0 Å². The maximum atomic E-state index is 11.4. The minimum Gasteiger partial charge on any atom is -0.465 e. The van der Waals surface area contributed by atoms with Crippen molar-refractivity contribution in [1.29, 1.82) is 0 Å². The standard InChI is InChI=1S/C10H19NO3/c1-4-14-9(12)8-5-13-7-10(2,3)6-11-8/h8,11H,4-7H2,1-3H3. The van der Waals surface area contributed by atoms with E-state index in [1.165, 1.54) is 0 Å². The Morgan fingerprint density at radius 1 is 1.64 bits per heavy atom. The van der Waals surface area contributed by atoms with Gasteiger partial charge in [-0.2, -0.15) is 0 Å². The molecule has 1 unspecified atom stereocenters. The van der Waals surface area contributed by atoms with E-state index in [1.54, 1.807) is 6.92 Å². The first kappa shape index (κ1) is 11.5. The highest BCUT2D eigenvalue weighted by atomic mass is 16.5. The molecular weight excluding hydrogens is 182 g/mol. The molecule has 1 aliphatic rings. The van der Waals surface area contributed by atoms with Crippen LogP contribution in [-0.4, -0.2) is 38.4 Å². The van der Waals surface area contributed by atoms with Crippen LogP contribution in [0.5, 0.6) is 0 Å². The molecule has 1 rings (SSSR count). The summed E-state index contributed by atoms with van der Waals surface area (Å²) in [5, 5.41) is 3.16. The highest BCUT2D eigenvalue weighted by Gasteiger charge is 2.28. The molecule has 0 radical (unpaired) electrons. The number of rotatable bonds is 2. The van der Waals surface area contributed by atoms with Gasteiger partial charge < -0.3 is 14.8 Å². The van der Waals surface area contributed by atoms with E-state index in [0.29, 0.717) is 19.8 Å². The van der Waals surface area contributed by atoms with Crippen LogP contribution in [0.1, 0.15) is 20.8 Å². The third-order valence-corrected chi connectivity index (χ3v) is 2.18. The van der Waals surface area contributed by atoms with Gasteiger partial charge in [-0.25, -0.2) is 0 Å². The Balaban J connectivity index is 2.45. The van der Waals surface area contributed by atoms with E-state index in [1.807, 2.05) is 0 Å². The van der Waals surface area contributed by atoms with Crippen LogP contribution in [0.3, 0.4) is 0 Å². The van der Waals surface area contributed by atoms with Gasteiger partial charge in [0.1, 0.15) is 6.04 Å². The summed E-state index contributed by atoms with van der Waals surface area (Å²) in [5.74, 6) is -0.217. The molecule has 82 valence electrons. The third-order valence-electron chi connectivity index (χ3n) is 2.18. The van der Waals surface area contributed by atoms with Gasteiger partial charge in [-0.05, 0) is 6.92 Å². The molecule has 0 spiro atoms. The van der Waals surface area contributed by atoms with E-state index in [-0.39, 0.29) is 17.4 Å². The second kappa shape index (κ2) is 4.75. The number of carbonyl (C=O) groups is 1. The minimum absolute atomic E-state index is 0.0846. The number of esters is 1. The Hall–Kier alpha value is -0.610. The van der Waals surface area contributed by atoms with Crippen LogP contribution in [0.15, 0.2) is 0 Å². The minimum atomic E-state index is -0.309. The second-order valence-electron chi connectivity index (χ2n) is 4.36. The lowest BCUT2D eigenvalue weighted by Crippen LogP contribution is -2.42. The van der Waals surface area contributed by atoms with Gasteiger partial charge in [0.2, 0.25) is 0 Å². The molecule has 4 heteroatoms. The van der Waals surface area contributed by atoms with Gasteiger partial charge in [0.25, 0.3) is 0 Å². The van der Waals surface area contributed by atoms with Crippen LogP contribution in [0.4, 0.5) is 0 Å². The summed E-state index contributed by atoms with van der Waals surface area (Å²) in [4.78, 5) is 11.4. The summed E-state index contributed by atoms with van der Waals surface area (Å²) in [6.45, 7) is 8.29. The Labute approximate surface area is 85.0 Å². The van der Waals surface area contributed by atoms with Crippen molar-refractivity contribution in [2.75, 3.05) is 26.4 Å². The fraction of sp³-hybridized carbons (Fsp3) is 0.900. The quantitative estimate of drug-likeness (QED) is 0.663. The molecule has 1 aliphatic heterocycles. The Bertz CT molecular complexity index is 204. The highest BCUT2D eigenvalue weighted by molar-refractivity contribution is 5.75. The molecule has 0 aromatic heterocycles. The predicted molar refractivity (Wildman–Crippen MR) is 53.0 cm³/mol. The largest absolute Gasteiger partial charge is 0.465 e. The van der Waals surface area contributed by atoms with Crippen LogP contribution in [0.25, 0.3) is 0 Å². The fourth-order valence-corrected chi connectivity index (χ4v) is 1.36.